The van der Waals surface area contributed by atoms with Crippen molar-refractivity contribution in [3.63, 3.8) is 0 Å². The molecule has 3 aromatic rings. The predicted octanol–water partition coefficient (Wildman–Crippen LogP) is 8.02. The van der Waals surface area contributed by atoms with Crippen LogP contribution < -0.4 is 0 Å². The van der Waals surface area contributed by atoms with Gasteiger partial charge in [0.15, 0.2) is 0 Å². The van der Waals surface area contributed by atoms with E-state index in [-0.39, 0.29) is 5.82 Å². The van der Waals surface area contributed by atoms with Gasteiger partial charge in [0.05, 0.1) is 0 Å². The predicted molar refractivity (Wildman–Crippen MR) is 125 cm³/mol. The van der Waals surface area contributed by atoms with Crippen LogP contribution in [0.1, 0.15) is 80.5 Å². The molecule has 0 aliphatic heterocycles. The molecule has 154 valence electrons. The van der Waals surface area contributed by atoms with Crippen molar-refractivity contribution < 1.29 is 4.39 Å². The monoisotopic (exact) mass is 398 g/mol. The van der Waals surface area contributed by atoms with Crippen LogP contribution >= 0.6 is 0 Å². The van der Waals surface area contributed by atoms with Crippen molar-refractivity contribution in [1.29, 1.82) is 0 Å². The summed E-state index contributed by atoms with van der Waals surface area (Å²) in [5.74, 6) is 7.60. The summed E-state index contributed by atoms with van der Waals surface area (Å²) in [7, 11) is 0. The van der Waals surface area contributed by atoms with Gasteiger partial charge >= 0.3 is 0 Å². The van der Waals surface area contributed by atoms with Gasteiger partial charge in [0.2, 0.25) is 0 Å². The molecule has 0 amide bonds. The summed E-state index contributed by atoms with van der Waals surface area (Å²) < 4.78 is 15.2. The fraction of sp³-hybridized carbons (Fsp3) is 0.379. The zero-order valence-electron chi connectivity index (χ0n) is 18.2. The second-order valence-corrected chi connectivity index (χ2v) is 8.91. The van der Waals surface area contributed by atoms with Crippen molar-refractivity contribution in [1.82, 2.24) is 0 Å². The van der Waals surface area contributed by atoms with Crippen molar-refractivity contribution in [3.05, 3.63) is 82.7 Å². The van der Waals surface area contributed by atoms with Crippen molar-refractivity contribution >= 4 is 10.8 Å². The number of unbranched alkanes of at least 4 members (excludes halogenated alkanes) is 1. The average Bonchev–Trinajstić information content (AvgIpc) is 2.78. The van der Waals surface area contributed by atoms with E-state index < -0.39 is 0 Å². The first-order chi connectivity index (χ1) is 14.6. The van der Waals surface area contributed by atoms with Crippen LogP contribution in [0.5, 0.6) is 0 Å². The molecular weight excluding hydrogens is 367 g/mol. The van der Waals surface area contributed by atoms with Crippen molar-refractivity contribution in [2.24, 2.45) is 5.92 Å². The summed E-state index contributed by atoms with van der Waals surface area (Å²) >= 11 is 0. The summed E-state index contributed by atoms with van der Waals surface area (Å²) in [6, 6.07) is 18.5. The third kappa shape index (κ3) is 4.76. The lowest BCUT2D eigenvalue weighted by Crippen LogP contribution is -2.12. The Labute approximate surface area is 180 Å². The summed E-state index contributed by atoms with van der Waals surface area (Å²) in [4.78, 5) is 0. The molecule has 1 saturated carbocycles. The molecule has 0 unspecified atom stereocenters. The molecule has 1 aliphatic carbocycles. The van der Waals surface area contributed by atoms with Crippen LogP contribution in [-0.2, 0) is 6.42 Å². The molecule has 0 bridgehead atoms. The van der Waals surface area contributed by atoms with E-state index in [1.165, 1.54) is 31.2 Å². The van der Waals surface area contributed by atoms with Gasteiger partial charge in [0.1, 0.15) is 5.82 Å². The average molecular weight is 399 g/mol. The highest BCUT2D eigenvalue weighted by atomic mass is 19.1. The number of fused-ring (bicyclic) bond motifs is 1. The zero-order valence-corrected chi connectivity index (χ0v) is 18.2. The summed E-state index contributed by atoms with van der Waals surface area (Å²) in [5.41, 5.74) is 4.21. The van der Waals surface area contributed by atoms with E-state index in [0.717, 1.165) is 52.6 Å². The Balaban J connectivity index is 1.53. The highest BCUT2D eigenvalue weighted by Crippen LogP contribution is 2.38. The molecule has 0 saturated heterocycles. The van der Waals surface area contributed by atoms with E-state index in [4.69, 9.17) is 0 Å². The van der Waals surface area contributed by atoms with Crippen molar-refractivity contribution in [2.45, 2.75) is 64.7 Å². The second kappa shape index (κ2) is 9.48. The van der Waals surface area contributed by atoms with Gasteiger partial charge in [0.25, 0.3) is 0 Å². The van der Waals surface area contributed by atoms with Crippen LogP contribution in [0.15, 0.2) is 54.6 Å². The number of rotatable bonds is 4. The van der Waals surface area contributed by atoms with Crippen molar-refractivity contribution in [2.75, 3.05) is 0 Å². The molecule has 1 aliphatic rings. The largest absolute Gasteiger partial charge is 0.206 e. The highest BCUT2D eigenvalue weighted by Gasteiger charge is 2.23. The van der Waals surface area contributed by atoms with Crippen LogP contribution in [-0.4, -0.2) is 0 Å². The maximum absolute atomic E-state index is 15.2. The molecule has 0 aromatic heterocycles. The molecule has 0 spiro atoms. The van der Waals surface area contributed by atoms with Gasteiger partial charge in [-0.25, -0.2) is 4.39 Å². The van der Waals surface area contributed by atoms with Gasteiger partial charge in [-0.05, 0) is 78.3 Å². The maximum Gasteiger partial charge on any atom is 0.134 e. The Morgan fingerprint density at radius 1 is 0.867 bits per heavy atom. The van der Waals surface area contributed by atoms with Gasteiger partial charge in [0, 0.05) is 16.5 Å². The molecule has 0 nitrogen and oxygen atoms in total. The van der Waals surface area contributed by atoms with E-state index in [0.29, 0.717) is 5.92 Å². The van der Waals surface area contributed by atoms with Crippen LogP contribution in [0.25, 0.3) is 10.8 Å². The number of halogens is 1. The second-order valence-electron chi connectivity index (χ2n) is 8.91. The quantitative estimate of drug-likeness (QED) is 0.390. The third-order valence-corrected chi connectivity index (χ3v) is 6.56. The Morgan fingerprint density at radius 2 is 1.57 bits per heavy atom. The van der Waals surface area contributed by atoms with E-state index >= 15 is 4.39 Å². The number of hydrogen-bond acceptors (Lipinski definition) is 0. The normalized spacial score (nSPS) is 18.8. The minimum absolute atomic E-state index is 0.0331. The summed E-state index contributed by atoms with van der Waals surface area (Å²) in [6.07, 6.45) is 8.18. The van der Waals surface area contributed by atoms with Gasteiger partial charge < -0.3 is 0 Å². The summed E-state index contributed by atoms with van der Waals surface area (Å²) in [6.45, 7) is 4.52. The van der Waals surface area contributed by atoms with E-state index in [1.807, 2.05) is 24.3 Å². The first kappa shape index (κ1) is 20.7. The first-order valence-corrected chi connectivity index (χ1v) is 11.5. The molecule has 0 radical (unpaired) electrons. The maximum atomic E-state index is 15.2. The minimum atomic E-state index is -0.0331. The SMILES string of the molecule is CCCCc1ccc(C#Cc2ccc3c(F)c(C4CCC(C)CC4)ccc3c2)cc1. The van der Waals surface area contributed by atoms with Gasteiger partial charge in [-0.3, -0.25) is 0 Å². The Hall–Kier alpha value is -2.59. The zero-order chi connectivity index (χ0) is 20.9. The standard InChI is InChI=1S/C29H31F/c1-3-4-5-22-8-10-23(11-9-22)12-13-24-14-18-28-26(20-24)17-19-27(29(28)30)25-15-6-21(2)7-16-25/h8-11,14,17-21,25H,3-7,15-16H2,1-2H3. The molecule has 0 atom stereocenters. The number of aryl methyl sites for hydroxylation is 1. The minimum Gasteiger partial charge on any atom is -0.206 e. The van der Waals surface area contributed by atoms with Gasteiger partial charge in [-0.15, -0.1) is 0 Å². The molecule has 0 N–H and O–H groups in total. The molecule has 1 fully saturated rings. The van der Waals surface area contributed by atoms with E-state index in [1.54, 1.807) is 0 Å². The van der Waals surface area contributed by atoms with Crippen LogP contribution in [0, 0.1) is 23.6 Å². The Bertz CT molecular complexity index is 1060. The van der Waals surface area contributed by atoms with Crippen LogP contribution in [0.3, 0.4) is 0 Å². The smallest absolute Gasteiger partial charge is 0.134 e. The summed E-state index contributed by atoms with van der Waals surface area (Å²) in [5, 5.41) is 1.65. The lowest BCUT2D eigenvalue weighted by Gasteiger charge is -2.27. The molecular formula is C29H31F. The highest BCUT2D eigenvalue weighted by molar-refractivity contribution is 5.85. The topological polar surface area (TPSA) is 0 Å². The first-order valence-electron chi connectivity index (χ1n) is 11.5. The van der Waals surface area contributed by atoms with Gasteiger partial charge in [-0.2, -0.15) is 0 Å². The Kier molecular flexibility index (Phi) is 6.53. The van der Waals surface area contributed by atoms with Crippen LogP contribution in [0.2, 0.25) is 0 Å². The molecule has 1 heteroatoms. The number of benzene rings is 3. The molecule has 4 rings (SSSR count). The lowest BCUT2D eigenvalue weighted by atomic mass is 9.79. The van der Waals surface area contributed by atoms with Gasteiger partial charge in [-0.1, -0.05) is 75.3 Å². The fourth-order valence-corrected chi connectivity index (χ4v) is 4.55. The van der Waals surface area contributed by atoms with E-state index in [2.05, 4.69) is 56.0 Å². The fourth-order valence-electron chi connectivity index (χ4n) is 4.55. The van der Waals surface area contributed by atoms with Crippen LogP contribution in [0.4, 0.5) is 4.39 Å². The number of hydrogen-bond donors (Lipinski definition) is 0. The van der Waals surface area contributed by atoms with Crippen molar-refractivity contribution in [3.8, 4) is 11.8 Å². The lowest BCUT2D eigenvalue weighted by molar-refractivity contribution is 0.343. The Morgan fingerprint density at radius 3 is 2.30 bits per heavy atom. The molecule has 0 heterocycles. The van der Waals surface area contributed by atoms with E-state index in [9.17, 15) is 0 Å². The third-order valence-electron chi connectivity index (χ3n) is 6.56. The molecule has 30 heavy (non-hydrogen) atoms. The molecule has 3 aromatic carbocycles.